The van der Waals surface area contributed by atoms with Gasteiger partial charge in [0.05, 0.1) is 0 Å². The lowest BCUT2D eigenvalue weighted by Gasteiger charge is -2.11. The van der Waals surface area contributed by atoms with Crippen LogP contribution in [0.3, 0.4) is 0 Å². The minimum Gasteiger partial charge on any atom is -0.184 e. The van der Waals surface area contributed by atoms with Gasteiger partial charge in [0.1, 0.15) is 4.70 Å². The number of benzene rings is 2. The number of aromatic nitrogens is 1. The second kappa shape index (κ2) is 3.54. The van der Waals surface area contributed by atoms with Crippen molar-refractivity contribution in [2.45, 2.75) is 26.3 Å². The van der Waals surface area contributed by atoms with Crippen molar-refractivity contribution in [2.24, 2.45) is 0 Å². The van der Waals surface area contributed by atoms with Crippen molar-refractivity contribution in [2.75, 3.05) is 0 Å². The molecule has 2 heteroatoms. The van der Waals surface area contributed by atoms with E-state index in [-0.39, 0.29) is 5.54 Å². The Morgan fingerprint density at radius 1 is 1.00 bits per heavy atom. The van der Waals surface area contributed by atoms with Crippen LogP contribution in [0, 0.1) is 0 Å². The van der Waals surface area contributed by atoms with E-state index in [0.29, 0.717) is 0 Å². The average Bonchev–Trinajstić information content (AvgIpc) is 2.72. The van der Waals surface area contributed by atoms with Gasteiger partial charge in [0.25, 0.3) is 0 Å². The third kappa shape index (κ3) is 1.64. The molecule has 0 aliphatic carbocycles. The topological polar surface area (TPSA) is 3.88 Å². The van der Waals surface area contributed by atoms with Crippen molar-refractivity contribution in [3.8, 4) is 0 Å². The molecule has 1 heterocycles. The van der Waals surface area contributed by atoms with Gasteiger partial charge in [0.15, 0.2) is 5.54 Å². The van der Waals surface area contributed by atoms with Crippen LogP contribution in [0.2, 0.25) is 0 Å². The Balaban J connectivity index is 2.43. The van der Waals surface area contributed by atoms with Crippen LogP contribution >= 0.6 is 11.3 Å². The summed E-state index contributed by atoms with van der Waals surface area (Å²) < 4.78 is 3.75. The summed E-state index contributed by atoms with van der Waals surface area (Å²) in [6.45, 7) is 6.73. The van der Waals surface area contributed by atoms with Gasteiger partial charge in [-0.1, -0.05) is 35.6 Å². The molecule has 0 spiro atoms. The Bertz CT molecular complexity index is 689. The summed E-state index contributed by atoms with van der Waals surface area (Å²) in [7, 11) is 0. The fourth-order valence-electron chi connectivity index (χ4n) is 2.23. The molecule has 2 aromatic carbocycles. The van der Waals surface area contributed by atoms with E-state index in [2.05, 4.69) is 67.2 Å². The zero-order valence-corrected chi connectivity index (χ0v) is 11.2. The minimum absolute atomic E-state index is 0.140. The smallest absolute Gasteiger partial charge is 0.184 e. The van der Waals surface area contributed by atoms with E-state index in [0.717, 1.165) is 0 Å². The molecular formula is C15H16NS+. The van der Waals surface area contributed by atoms with Crippen molar-refractivity contribution in [3.05, 3.63) is 41.9 Å². The van der Waals surface area contributed by atoms with Gasteiger partial charge in [-0.05, 0) is 11.5 Å². The molecule has 86 valence electrons. The summed E-state index contributed by atoms with van der Waals surface area (Å²) in [6.07, 6.45) is 0. The summed E-state index contributed by atoms with van der Waals surface area (Å²) in [6, 6.07) is 13.0. The van der Waals surface area contributed by atoms with Crippen molar-refractivity contribution >= 4 is 32.3 Å². The Morgan fingerprint density at radius 2 is 1.76 bits per heavy atom. The van der Waals surface area contributed by atoms with E-state index in [1.165, 1.54) is 21.0 Å². The predicted octanol–water partition coefficient (Wildman–Crippen LogP) is 4.10. The highest BCUT2D eigenvalue weighted by Crippen LogP contribution is 2.28. The molecule has 0 radical (unpaired) electrons. The summed E-state index contributed by atoms with van der Waals surface area (Å²) in [4.78, 5) is 0. The lowest BCUT2D eigenvalue weighted by Crippen LogP contribution is -2.48. The van der Waals surface area contributed by atoms with E-state index in [9.17, 15) is 0 Å². The first-order valence-corrected chi connectivity index (χ1v) is 6.76. The average molecular weight is 242 g/mol. The number of fused-ring (bicyclic) bond motifs is 3. The number of nitrogens with zero attached hydrogens (tertiary/aromatic N) is 1. The van der Waals surface area contributed by atoms with Crippen LogP contribution in [0.15, 0.2) is 41.9 Å². The summed E-state index contributed by atoms with van der Waals surface area (Å²) >= 11 is 1.83. The third-order valence-electron chi connectivity index (χ3n) is 3.12. The van der Waals surface area contributed by atoms with Gasteiger partial charge >= 0.3 is 0 Å². The van der Waals surface area contributed by atoms with E-state index in [1.807, 2.05) is 11.3 Å². The molecule has 17 heavy (non-hydrogen) atoms. The number of hydrogen-bond donors (Lipinski definition) is 0. The maximum Gasteiger partial charge on any atom is 0.226 e. The van der Waals surface area contributed by atoms with Gasteiger partial charge in [-0.25, -0.2) is 0 Å². The number of rotatable bonds is 0. The largest absolute Gasteiger partial charge is 0.226 e. The minimum atomic E-state index is 0.140. The van der Waals surface area contributed by atoms with Crippen LogP contribution in [0.5, 0.6) is 0 Å². The molecule has 3 aromatic rings. The highest BCUT2D eigenvalue weighted by Gasteiger charge is 2.26. The molecular weight excluding hydrogens is 226 g/mol. The van der Waals surface area contributed by atoms with E-state index in [1.54, 1.807) is 0 Å². The molecule has 0 atom stereocenters. The molecule has 0 aliphatic rings. The maximum absolute atomic E-state index is 2.36. The van der Waals surface area contributed by atoms with Crippen molar-refractivity contribution in [3.63, 3.8) is 0 Å². The molecule has 3 rings (SSSR count). The Hall–Kier alpha value is -1.41. The molecule has 0 N–H and O–H groups in total. The van der Waals surface area contributed by atoms with Crippen molar-refractivity contribution in [1.29, 1.82) is 0 Å². The number of hydrogen-bond acceptors (Lipinski definition) is 1. The van der Waals surface area contributed by atoms with Gasteiger partial charge in [-0.3, -0.25) is 0 Å². The highest BCUT2D eigenvalue weighted by molar-refractivity contribution is 7.17. The standard InChI is InChI=1S/C15H16NS/c1-15(2,3)16-10-17-14-12-7-5-4-6-11(12)8-9-13(14)16/h4-10H,1-3H3/q+1. The zero-order chi connectivity index (χ0) is 12.0. The second-order valence-corrected chi connectivity index (χ2v) is 6.25. The Labute approximate surface area is 105 Å². The zero-order valence-electron chi connectivity index (χ0n) is 10.4. The summed E-state index contributed by atoms with van der Waals surface area (Å²) in [5.74, 6) is 0. The summed E-state index contributed by atoms with van der Waals surface area (Å²) in [5, 5.41) is 2.68. The molecule has 1 aromatic heterocycles. The lowest BCUT2D eigenvalue weighted by atomic mass is 10.1. The molecule has 0 saturated carbocycles. The molecule has 0 saturated heterocycles. The van der Waals surface area contributed by atoms with Crippen LogP contribution in [-0.2, 0) is 5.54 Å². The first-order chi connectivity index (χ1) is 8.07. The van der Waals surface area contributed by atoms with Gasteiger partial charge in [-0.15, -0.1) is 0 Å². The van der Waals surface area contributed by atoms with Gasteiger partial charge in [0, 0.05) is 32.2 Å². The van der Waals surface area contributed by atoms with Gasteiger partial charge in [-0.2, -0.15) is 4.57 Å². The fourth-order valence-corrected chi connectivity index (χ4v) is 3.47. The molecule has 0 bridgehead atoms. The lowest BCUT2D eigenvalue weighted by molar-refractivity contribution is -0.726. The first-order valence-electron chi connectivity index (χ1n) is 5.88. The van der Waals surface area contributed by atoms with Gasteiger partial charge < -0.3 is 0 Å². The van der Waals surface area contributed by atoms with Crippen LogP contribution in [-0.4, -0.2) is 0 Å². The van der Waals surface area contributed by atoms with E-state index in [4.69, 9.17) is 0 Å². The summed E-state index contributed by atoms with van der Waals surface area (Å²) in [5.41, 5.74) is 3.71. The Morgan fingerprint density at radius 3 is 2.53 bits per heavy atom. The van der Waals surface area contributed by atoms with Crippen LogP contribution < -0.4 is 4.57 Å². The van der Waals surface area contributed by atoms with Crippen molar-refractivity contribution in [1.82, 2.24) is 0 Å². The van der Waals surface area contributed by atoms with Crippen molar-refractivity contribution < 1.29 is 4.57 Å². The molecule has 0 fully saturated rings. The molecule has 0 amide bonds. The number of thiazole rings is 1. The monoisotopic (exact) mass is 242 g/mol. The molecule has 1 nitrogen and oxygen atoms in total. The Kier molecular flexibility index (Phi) is 2.23. The van der Waals surface area contributed by atoms with Crippen LogP contribution in [0.25, 0.3) is 21.0 Å². The van der Waals surface area contributed by atoms with Crippen LogP contribution in [0.1, 0.15) is 20.8 Å². The molecule has 0 aliphatic heterocycles. The van der Waals surface area contributed by atoms with E-state index >= 15 is 0 Å². The third-order valence-corrected chi connectivity index (χ3v) is 4.10. The SMILES string of the molecule is CC(C)(C)[n+]1csc2c3ccccc3ccc21. The van der Waals surface area contributed by atoms with Gasteiger partial charge in [0.2, 0.25) is 11.0 Å². The second-order valence-electron chi connectivity index (χ2n) is 5.40. The normalized spacial score (nSPS) is 12.4. The predicted molar refractivity (Wildman–Crippen MR) is 74.5 cm³/mol. The van der Waals surface area contributed by atoms with E-state index < -0.39 is 0 Å². The molecule has 0 unspecified atom stereocenters. The first kappa shape index (κ1) is 10.7. The van der Waals surface area contributed by atoms with Crippen LogP contribution in [0.4, 0.5) is 0 Å². The fraction of sp³-hybridized carbons (Fsp3) is 0.267. The highest BCUT2D eigenvalue weighted by atomic mass is 32.1. The quantitative estimate of drug-likeness (QED) is 0.523. The maximum atomic E-state index is 2.36.